The van der Waals surface area contributed by atoms with Crippen LogP contribution in [0.4, 0.5) is 0 Å². The van der Waals surface area contributed by atoms with Crippen LogP contribution in [-0.2, 0) is 33.4 Å². The lowest BCUT2D eigenvalue weighted by atomic mass is 9.70. The van der Waals surface area contributed by atoms with Crippen molar-refractivity contribution in [2.75, 3.05) is 33.4 Å². The van der Waals surface area contributed by atoms with E-state index in [9.17, 15) is 24.3 Å². The van der Waals surface area contributed by atoms with Gasteiger partial charge in [0, 0.05) is 44.1 Å². The van der Waals surface area contributed by atoms with E-state index in [1.54, 1.807) is 22.0 Å². The van der Waals surface area contributed by atoms with Crippen molar-refractivity contribution in [3.05, 3.63) is 61.2 Å². The molecule has 0 radical (unpaired) electrons. The zero-order valence-electron chi connectivity index (χ0n) is 29.6. The number of aliphatic hydroxyl groups excluding tert-OH is 1. The Morgan fingerprint density at radius 1 is 1.20 bits per heavy atom. The van der Waals surface area contributed by atoms with Crippen LogP contribution >= 0.6 is 15.9 Å². The Balaban J connectivity index is 1.72. The maximum absolute atomic E-state index is 14.7. The molecule has 3 aliphatic rings. The molecule has 1 aromatic rings. The van der Waals surface area contributed by atoms with Crippen molar-refractivity contribution in [1.29, 1.82) is 0 Å². The molecular formula is C38H54BrN3O8. The van der Waals surface area contributed by atoms with Gasteiger partial charge in [-0.2, -0.15) is 0 Å². The molecule has 2 unspecified atom stereocenters. The van der Waals surface area contributed by atoms with Gasteiger partial charge in [-0.05, 0) is 51.0 Å². The van der Waals surface area contributed by atoms with Crippen molar-refractivity contribution < 1.29 is 38.5 Å². The molecule has 0 aliphatic carbocycles. The van der Waals surface area contributed by atoms with E-state index in [0.717, 1.165) is 12.8 Å². The summed E-state index contributed by atoms with van der Waals surface area (Å²) in [5.74, 6) is -3.33. The molecule has 0 aromatic heterocycles. The molecule has 3 saturated heterocycles. The number of nitrogens with zero attached hydrogens (tertiary/aromatic N) is 2. The van der Waals surface area contributed by atoms with E-state index in [1.165, 1.54) is 7.11 Å². The number of hydrogen-bond acceptors (Lipinski definition) is 8. The Bertz CT molecular complexity index is 1350. The standard InChI is InChI=1S/C38H54BrN3O8/c1-6-9-19-29(44)40-28(24-48-5)32(26-17-12-10-13-18-26)49-37(47)30-31-35(45)42(21-14-11-15-22-43)34(38(31)23-27(39)33(30)50-38)36(46)41(20-8-3)25(4)16-7-2/h6,8,10,12-13,17-18,25,27-28,30-34,43H,1,3,7,9,11,14-16,19-24H2,2,4-5H3,(H,40,44)/t25?,27?,28-,30+,31-,32-,33+,34+,38-/m1/s1. The van der Waals surface area contributed by atoms with E-state index < -0.39 is 47.7 Å². The van der Waals surface area contributed by atoms with Gasteiger partial charge in [0.2, 0.25) is 17.7 Å². The predicted octanol–water partition coefficient (Wildman–Crippen LogP) is 4.48. The number of benzene rings is 1. The lowest BCUT2D eigenvalue weighted by molar-refractivity contribution is -0.163. The van der Waals surface area contributed by atoms with Gasteiger partial charge in [-0.25, -0.2) is 0 Å². The third-order valence-corrected chi connectivity index (χ3v) is 11.0. The summed E-state index contributed by atoms with van der Waals surface area (Å²) in [6.45, 7) is 12.4. The molecule has 9 atom stereocenters. The van der Waals surface area contributed by atoms with Crippen LogP contribution in [0, 0.1) is 11.8 Å². The molecule has 12 heteroatoms. The highest BCUT2D eigenvalue weighted by atomic mass is 79.9. The first-order valence-electron chi connectivity index (χ1n) is 17.9. The molecule has 50 heavy (non-hydrogen) atoms. The number of allylic oxidation sites excluding steroid dienone is 1. The van der Waals surface area contributed by atoms with E-state index in [2.05, 4.69) is 41.3 Å². The summed E-state index contributed by atoms with van der Waals surface area (Å²) in [6, 6.07) is 7.37. The number of likely N-dealkylation sites (tertiary alicyclic amines) is 1. The Hall–Kier alpha value is -3.06. The van der Waals surface area contributed by atoms with Crippen LogP contribution in [0.1, 0.15) is 76.9 Å². The molecule has 3 fully saturated rings. The number of carbonyl (C=O) groups is 4. The van der Waals surface area contributed by atoms with Gasteiger partial charge in [-0.3, -0.25) is 19.2 Å². The van der Waals surface area contributed by atoms with Crippen molar-refractivity contribution in [1.82, 2.24) is 15.1 Å². The minimum Gasteiger partial charge on any atom is -0.455 e. The second-order valence-electron chi connectivity index (χ2n) is 13.6. The lowest BCUT2D eigenvalue weighted by Gasteiger charge is -2.39. The quantitative estimate of drug-likeness (QED) is 0.0812. The van der Waals surface area contributed by atoms with Gasteiger partial charge in [0.1, 0.15) is 17.7 Å². The first kappa shape index (κ1) is 39.7. The van der Waals surface area contributed by atoms with Gasteiger partial charge >= 0.3 is 5.97 Å². The van der Waals surface area contributed by atoms with Gasteiger partial charge in [0.25, 0.3) is 0 Å². The number of ether oxygens (including phenoxy) is 3. The zero-order chi connectivity index (χ0) is 36.4. The fourth-order valence-corrected chi connectivity index (χ4v) is 8.91. The van der Waals surface area contributed by atoms with Crippen LogP contribution in [0.15, 0.2) is 55.6 Å². The number of fused-ring (bicyclic) bond motifs is 1. The molecular weight excluding hydrogens is 706 g/mol. The maximum atomic E-state index is 14.7. The highest BCUT2D eigenvalue weighted by Crippen LogP contribution is 2.60. The summed E-state index contributed by atoms with van der Waals surface area (Å²) >= 11 is 3.75. The third kappa shape index (κ3) is 8.35. The average Bonchev–Trinajstić information content (AvgIpc) is 3.70. The van der Waals surface area contributed by atoms with Crippen molar-refractivity contribution in [2.24, 2.45) is 11.8 Å². The lowest BCUT2D eigenvalue weighted by Crippen LogP contribution is -2.58. The second kappa shape index (κ2) is 18.4. The van der Waals surface area contributed by atoms with Crippen LogP contribution in [-0.4, -0.2) is 107 Å². The maximum Gasteiger partial charge on any atom is 0.313 e. The highest BCUT2D eigenvalue weighted by Gasteiger charge is 2.77. The van der Waals surface area contributed by atoms with E-state index in [0.29, 0.717) is 50.8 Å². The smallest absolute Gasteiger partial charge is 0.313 e. The number of carbonyl (C=O) groups excluding carboxylic acids is 4. The Morgan fingerprint density at radius 2 is 1.94 bits per heavy atom. The minimum atomic E-state index is -1.24. The summed E-state index contributed by atoms with van der Waals surface area (Å²) in [6.07, 6.45) is 6.29. The minimum absolute atomic E-state index is 0.0375. The van der Waals surface area contributed by atoms with E-state index in [-0.39, 0.29) is 48.2 Å². The fraction of sp³-hybridized carbons (Fsp3) is 0.632. The van der Waals surface area contributed by atoms with E-state index in [1.807, 2.05) is 37.3 Å². The summed E-state index contributed by atoms with van der Waals surface area (Å²) in [4.78, 5) is 59.7. The van der Waals surface area contributed by atoms with Gasteiger partial charge < -0.3 is 34.4 Å². The molecule has 0 saturated carbocycles. The number of rotatable bonds is 21. The van der Waals surface area contributed by atoms with E-state index >= 15 is 0 Å². The topological polar surface area (TPSA) is 135 Å². The van der Waals surface area contributed by atoms with Crippen LogP contribution in [0.25, 0.3) is 0 Å². The Labute approximate surface area is 304 Å². The monoisotopic (exact) mass is 759 g/mol. The van der Waals surface area contributed by atoms with Crippen LogP contribution in [0.2, 0.25) is 0 Å². The summed E-state index contributed by atoms with van der Waals surface area (Å²) < 4.78 is 18.5. The molecule has 1 spiro atoms. The Kier molecular flexibility index (Phi) is 14.6. The van der Waals surface area contributed by atoms with Gasteiger partial charge in [-0.15, -0.1) is 13.2 Å². The number of aliphatic hydroxyl groups is 1. The molecule has 2 N–H and O–H groups in total. The molecule has 276 valence electrons. The number of alkyl halides is 1. The number of halogens is 1. The fourth-order valence-electron chi connectivity index (χ4n) is 7.97. The van der Waals surface area contributed by atoms with Crippen molar-refractivity contribution >= 4 is 39.6 Å². The summed E-state index contributed by atoms with van der Waals surface area (Å²) in [7, 11) is 1.51. The van der Waals surface area contributed by atoms with Crippen molar-refractivity contribution in [2.45, 2.75) is 106 Å². The van der Waals surface area contributed by atoms with Crippen molar-refractivity contribution in [3.63, 3.8) is 0 Å². The van der Waals surface area contributed by atoms with Crippen molar-refractivity contribution in [3.8, 4) is 0 Å². The number of amides is 3. The number of esters is 1. The number of methoxy groups -OCH3 is 1. The van der Waals surface area contributed by atoms with Crippen LogP contribution < -0.4 is 5.32 Å². The molecule has 11 nitrogen and oxygen atoms in total. The highest BCUT2D eigenvalue weighted by molar-refractivity contribution is 9.09. The summed E-state index contributed by atoms with van der Waals surface area (Å²) in [5.41, 5.74) is -0.589. The van der Waals surface area contributed by atoms with Gasteiger partial charge in [-0.1, -0.05) is 71.8 Å². The SMILES string of the molecule is C=CCCC(=O)N[C@H](COC)[C@H](OC(=O)[C@@H]1[C@H]2O[C@@]3(CC2Br)[C@H](C(=O)N(CC=C)C(C)CCC)N(CCCCCO)C(=O)[C@@H]13)c1ccccc1. The van der Waals surface area contributed by atoms with Gasteiger partial charge in [0.15, 0.2) is 0 Å². The predicted molar refractivity (Wildman–Crippen MR) is 193 cm³/mol. The van der Waals surface area contributed by atoms with Crippen LogP contribution in [0.5, 0.6) is 0 Å². The molecule has 2 bridgehead atoms. The second-order valence-corrected chi connectivity index (χ2v) is 14.8. The number of nitrogens with one attached hydrogen (secondary N) is 1. The zero-order valence-corrected chi connectivity index (χ0v) is 31.2. The van der Waals surface area contributed by atoms with Gasteiger partial charge in [0.05, 0.1) is 30.6 Å². The largest absolute Gasteiger partial charge is 0.455 e. The number of unbranched alkanes of at least 4 members (excludes halogenated alkanes) is 2. The first-order chi connectivity index (χ1) is 24.1. The average molecular weight is 761 g/mol. The molecule has 3 heterocycles. The number of hydrogen-bond donors (Lipinski definition) is 2. The Morgan fingerprint density at radius 3 is 2.58 bits per heavy atom. The third-order valence-electron chi connectivity index (χ3n) is 10.2. The molecule has 3 amide bonds. The molecule has 1 aromatic carbocycles. The first-order valence-corrected chi connectivity index (χ1v) is 18.8. The normalized spacial score (nSPS) is 26.9. The van der Waals surface area contributed by atoms with Crippen LogP contribution in [0.3, 0.4) is 0 Å². The summed E-state index contributed by atoms with van der Waals surface area (Å²) in [5, 5.41) is 12.4. The molecule has 4 rings (SSSR count). The molecule has 3 aliphatic heterocycles. The van der Waals surface area contributed by atoms with E-state index in [4.69, 9.17) is 14.2 Å².